The van der Waals surface area contributed by atoms with Crippen molar-refractivity contribution in [2.24, 2.45) is 0 Å². The van der Waals surface area contributed by atoms with E-state index in [2.05, 4.69) is 4.98 Å². The highest BCUT2D eigenvalue weighted by molar-refractivity contribution is 6.06. The van der Waals surface area contributed by atoms with E-state index in [0.29, 0.717) is 27.7 Å². The first-order valence-corrected chi connectivity index (χ1v) is 8.89. The topological polar surface area (TPSA) is 57.0 Å². The van der Waals surface area contributed by atoms with E-state index in [4.69, 9.17) is 5.26 Å². The molecule has 7 heteroatoms. The third kappa shape index (κ3) is 4.91. The lowest BCUT2D eigenvalue weighted by Gasteiger charge is -2.25. The van der Waals surface area contributed by atoms with E-state index in [1.807, 2.05) is 19.1 Å². The molecule has 148 valence electrons. The molecule has 2 aromatic carbocycles. The van der Waals surface area contributed by atoms with Crippen LogP contribution in [0.2, 0.25) is 0 Å². The van der Waals surface area contributed by atoms with Gasteiger partial charge in [-0.3, -0.25) is 9.78 Å². The summed E-state index contributed by atoms with van der Waals surface area (Å²) in [6.07, 6.45) is -4.55. The number of halogens is 3. The van der Waals surface area contributed by atoms with E-state index in [0.717, 1.165) is 10.5 Å². The van der Waals surface area contributed by atoms with Gasteiger partial charge in [0.05, 0.1) is 22.7 Å². The Bertz CT molecular complexity index is 1100. The summed E-state index contributed by atoms with van der Waals surface area (Å²) < 4.78 is 39.6. The van der Waals surface area contributed by atoms with Gasteiger partial charge in [-0.05, 0) is 49.7 Å². The third-order valence-electron chi connectivity index (χ3n) is 4.44. The number of nitrogens with zero attached hydrogens (tertiary/aromatic N) is 3. The highest BCUT2D eigenvalue weighted by atomic mass is 19.4. The number of carbonyl (C=O) groups is 1. The van der Waals surface area contributed by atoms with E-state index in [9.17, 15) is 18.0 Å². The van der Waals surface area contributed by atoms with Crippen LogP contribution in [0, 0.1) is 25.2 Å². The molecule has 0 saturated carbocycles. The van der Waals surface area contributed by atoms with Crippen molar-refractivity contribution >= 4 is 16.8 Å². The van der Waals surface area contributed by atoms with Gasteiger partial charge in [-0.15, -0.1) is 0 Å². The van der Waals surface area contributed by atoms with Gasteiger partial charge in [0.1, 0.15) is 6.54 Å². The van der Waals surface area contributed by atoms with Crippen LogP contribution in [0.4, 0.5) is 13.2 Å². The number of benzene rings is 2. The molecular weight excluding hydrogens is 379 g/mol. The minimum absolute atomic E-state index is 0.189. The Morgan fingerprint density at radius 1 is 1.10 bits per heavy atom. The van der Waals surface area contributed by atoms with E-state index < -0.39 is 18.6 Å². The molecule has 0 saturated heterocycles. The molecule has 3 aromatic rings. The van der Waals surface area contributed by atoms with Crippen molar-refractivity contribution in [3.63, 3.8) is 0 Å². The number of carbonyl (C=O) groups excluding carboxylic acids is 1. The number of amides is 1. The van der Waals surface area contributed by atoms with Crippen molar-refractivity contribution in [1.29, 1.82) is 5.26 Å². The van der Waals surface area contributed by atoms with E-state index in [1.165, 1.54) is 18.2 Å². The zero-order valence-corrected chi connectivity index (χ0v) is 15.9. The first-order valence-electron chi connectivity index (χ1n) is 8.89. The molecular formula is C22H18F3N3O. The SMILES string of the molecule is Cc1ccc2nc(C)cc(C(=O)N(Cc3ccc(C#N)cc3)CC(F)(F)F)c2c1. The second kappa shape index (κ2) is 7.92. The van der Waals surface area contributed by atoms with Crippen molar-refractivity contribution < 1.29 is 18.0 Å². The van der Waals surface area contributed by atoms with Crippen molar-refractivity contribution in [3.8, 4) is 6.07 Å². The van der Waals surface area contributed by atoms with Crippen LogP contribution in [0.15, 0.2) is 48.5 Å². The van der Waals surface area contributed by atoms with Gasteiger partial charge in [0, 0.05) is 17.6 Å². The number of rotatable bonds is 4. The summed E-state index contributed by atoms with van der Waals surface area (Å²) in [7, 11) is 0. The fourth-order valence-electron chi connectivity index (χ4n) is 3.14. The lowest BCUT2D eigenvalue weighted by molar-refractivity contribution is -0.141. The molecule has 0 fully saturated rings. The number of aryl methyl sites for hydroxylation is 2. The molecule has 0 radical (unpaired) electrons. The first-order chi connectivity index (χ1) is 13.7. The van der Waals surface area contributed by atoms with Crippen LogP contribution in [0.5, 0.6) is 0 Å². The molecule has 0 atom stereocenters. The van der Waals surface area contributed by atoms with E-state index in [1.54, 1.807) is 31.2 Å². The summed E-state index contributed by atoms with van der Waals surface area (Å²) in [6.45, 7) is 1.95. The minimum Gasteiger partial charge on any atom is -0.325 e. The Morgan fingerprint density at radius 3 is 2.41 bits per heavy atom. The molecule has 29 heavy (non-hydrogen) atoms. The smallest absolute Gasteiger partial charge is 0.325 e. The molecule has 1 amide bonds. The van der Waals surface area contributed by atoms with Crippen LogP contribution in [-0.2, 0) is 6.54 Å². The van der Waals surface area contributed by atoms with Gasteiger partial charge in [-0.25, -0.2) is 0 Å². The molecule has 0 aliphatic heterocycles. The molecule has 3 rings (SSSR count). The number of aromatic nitrogens is 1. The van der Waals surface area contributed by atoms with Crippen LogP contribution in [-0.4, -0.2) is 28.5 Å². The number of hydrogen-bond acceptors (Lipinski definition) is 3. The van der Waals surface area contributed by atoms with E-state index in [-0.39, 0.29) is 12.1 Å². The molecule has 0 aliphatic rings. The van der Waals surface area contributed by atoms with Crippen LogP contribution in [0.1, 0.15) is 32.7 Å². The average molecular weight is 397 g/mol. The highest BCUT2D eigenvalue weighted by Gasteiger charge is 2.34. The minimum atomic E-state index is -4.55. The zero-order chi connectivity index (χ0) is 21.2. The van der Waals surface area contributed by atoms with Crippen LogP contribution < -0.4 is 0 Å². The molecule has 1 aromatic heterocycles. The van der Waals surface area contributed by atoms with Crippen LogP contribution >= 0.6 is 0 Å². The molecule has 0 unspecified atom stereocenters. The molecule has 1 heterocycles. The van der Waals surface area contributed by atoms with Crippen LogP contribution in [0.3, 0.4) is 0 Å². The maximum absolute atomic E-state index is 13.2. The third-order valence-corrected chi connectivity index (χ3v) is 4.44. The predicted molar refractivity (Wildman–Crippen MR) is 103 cm³/mol. The van der Waals surface area contributed by atoms with Gasteiger partial charge in [0.2, 0.25) is 0 Å². The summed E-state index contributed by atoms with van der Waals surface area (Å²) in [5, 5.41) is 9.40. The number of nitriles is 1. The standard InChI is InChI=1S/C22H18F3N3O/c1-14-3-8-20-18(9-14)19(10-15(2)27-20)21(29)28(13-22(23,24)25)12-17-6-4-16(11-26)5-7-17/h3-10H,12-13H2,1-2H3. The fraction of sp³-hybridized carbons (Fsp3) is 0.227. The van der Waals surface area contributed by atoms with Gasteiger partial charge < -0.3 is 4.90 Å². The Morgan fingerprint density at radius 2 is 1.79 bits per heavy atom. The molecule has 0 bridgehead atoms. The Hall–Kier alpha value is -3.40. The lowest BCUT2D eigenvalue weighted by Crippen LogP contribution is -2.38. The summed E-state index contributed by atoms with van der Waals surface area (Å²) in [6, 6.07) is 15.0. The first kappa shape index (κ1) is 20.3. The van der Waals surface area contributed by atoms with E-state index >= 15 is 0 Å². The second-order valence-electron chi connectivity index (χ2n) is 6.92. The average Bonchev–Trinajstić information content (AvgIpc) is 2.66. The van der Waals surface area contributed by atoms with Crippen molar-refractivity contribution in [2.45, 2.75) is 26.6 Å². The Kier molecular flexibility index (Phi) is 5.55. The molecule has 0 N–H and O–H groups in total. The van der Waals surface area contributed by atoms with Gasteiger partial charge in [0.15, 0.2) is 0 Å². The molecule has 4 nitrogen and oxygen atoms in total. The highest BCUT2D eigenvalue weighted by Crippen LogP contribution is 2.25. The Balaban J connectivity index is 2.03. The van der Waals surface area contributed by atoms with Gasteiger partial charge in [-0.1, -0.05) is 23.8 Å². The van der Waals surface area contributed by atoms with Crippen LogP contribution in [0.25, 0.3) is 10.9 Å². The van der Waals surface area contributed by atoms with Gasteiger partial charge >= 0.3 is 6.18 Å². The number of pyridine rings is 1. The van der Waals surface area contributed by atoms with Crippen molar-refractivity contribution in [2.75, 3.05) is 6.54 Å². The van der Waals surface area contributed by atoms with Crippen molar-refractivity contribution in [1.82, 2.24) is 9.88 Å². The summed E-state index contributed by atoms with van der Waals surface area (Å²) >= 11 is 0. The predicted octanol–water partition coefficient (Wildman–Crippen LogP) is 4.93. The lowest BCUT2D eigenvalue weighted by atomic mass is 10.0. The van der Waals surface area contributed by atoms with Gasteiger partial charge in [-0.2, -0.15) is 18.4 Å². The molecule has 0 spiro atoms. The fourth-order valence-corrected chi connectivity index (χ4v) is 3.14. The number of fused-ring (bicyclic) bond motifs is 1. The monoisotopic (exact) mass is 397 g/mol. The van der Waals surface area contributed by atoms with Gasteiger partial charge in [0.25, 0.3) is 5.91 Å². The number of alkyl halides is 3. The summed E-state index contributed by atoms with van der Waals surface area (Å²) in [5.41, 5.74) is 3.08. The summed E-state index contributed by atoms with van der Waals surface area (Å²) in [5.74, 6) is -0.715. The number of hydrogen-bond donors (Lipinski definition) is 0. The quantitative estimate of drug-likeness (QED) is 0.627. The normalized spacial score (nSPS) is 11.3. The Labute approximate surface area is 166 Å². The molecule has 0 aliphatic carbocycles. The van der Waals surface area contributed by atoms with Crippen molar-refractivity contribution in [3.05, 3.63) is 76.5 Å². The zero-order valence-electron chi connectivity index (χ0n) is 15.9. The summed E-state index contributed by atoms with van der Waals surface area (Å²) in [4.78, 5) is 18.3. The second-order valence-corrected chi connectivity index (χ2v) is 6.92. The maximum Gasteiger partial charge on any atom is 0.406 e. The maximum atomic E-state index is 13.2. The largest absolute Gasteiger partial charge is 0.406 e.